The third-order valence-electron chi connectivity index (χ3n) is 7.82. The van der Waals surface area contributed by atoms with Gasteiger partial charge in [-0.2, -0.15) is 0 Å². The highest BCUT2D eigenvalue weighted by Gasteiger charge is 2.77. The number of epoxide rings is 1. The van der Waals surface area contributed by atoms with Gasteiger partial charge < -0.3 is 23.4 Å². The van der Waals surface area contributed by atoms with E-state index in [1.54, 1.807) is 13.0 Å². The van der Waals surface area contributed by atoms with Crippen LogP contribution in [0, 0.1) is 22.7 Å². The molecule has 1 aromatic heterocycles. The van der Waals surface area contributed by atoms with Gasteiger partial charge in [-0.05, 0) is 31.9 Å². The Morgan fingerprint density at radius 3 is 2.61 bits per heavy atom. The van der Waals surface area contributed by atoms with Gasteiger partial charge in [-0.25, -0.2) is 4.79 Å². The van der Waals surface area contributed by atoms with E-state index in [0.29, 0.717) is 17.6 Å². The van der Waals surface area contributed by atoms with Crippen molar-refractivity contribution in [1.82, 2.24) is 0 Å². The number of hydrogen-bond donors (Lipinski definition) is 0. The molecule has 5 rings (SSSR count). The number of ether oxygens (including phenoxy) is 4. The average Bonchev–Trinajstić information content (AvgIpc) is 3.18. The molecule has 0 N–H and O–H groups in total. The highest BCUT2D eigenvalue weighted by molar-refractivity contribution is 5.91. The lowest BCUT2D eigenvalue weighted by atomic mass is 9.55. The molecule has 8 atom stereocenters. The normalized spacial score (nSPS) is 42.8. The first-order chi connectivity index (χ1) is 14.6. The number of methoxy groups -OCH3 is 1. The van der Waals surface area contributed by atoms with Crippen LogP contribution in [-0.2, 0) is 33.3 Å². The van der Waals surface area contributed by atoms with E-state index >= 15 is 0 Å². The van der Waals surface area contributed by atoms with E-state index in [1.807, 2.05) is 13.8 Å². The largest absolute Gasteiger partial charge is 0.472 e. The molecule has 1 aromatic rings. The second kappa shape index (κ2) is 6.45. The number of fused-ring (bicyclic) bond motifs is 5. The van der Waals surface area contributed by atoms with Gasteiger partial charge >= 0.3 is 17.9 Å². The second-order valence-corrected chi connectivity index (χ2v) is 9.49. The van der Waals surface area contributed by atoms with Gasteiger partial charge in [0.05, 0.1) is 43.2 Å². The first kappa shape index (κ1) is 20.3. The number of rotatable bonds is 3. The molecular weight excluding hydrogens is 404 g/mol. The molecule has 8 nitrogen and oxygen atoms in total. The lowest BCUT2D eigenvalue weighted by molar-refractivity contribution is -0.176. The van der Waals surface area contributed by atoms with Crippen LogP contribution in [0.4, 0.5) is 0 Å². The first-order valence-electron chi connectivity index (χ1n) is 10.5. The lowest BCUT2D eigenvalue weighted by Gasteiger charge is -2.46. The molecule has 4 aliphatic rings. The highest BCUT2D eigenvalue weighted by Crippen LogP contribution is 2.72. The molecule has 2 aliphatic carbocycles. The number of carbonyl (C=O) groups excluding carboxylic acids is 3. The van der Waals surface area contributed by atoms with Crippen LogP contribution >= 0.6 is 0 Å². The fraction of sp³-hybridized carbons (Fsp3) is 0.609. The summed E-state index contributed by atoms with van der Waals surface area (Å²) >= 11 is 0. The Labute approximate surface area is 179 Å². The van der Waals surface area contributed by atoms with Crippen LogP contribution in [0.5, 0.6) is 0 Å². The molecule has 2 saturated carbocycles. The van der Waals surface area contributed by atoms with Gasteiger partial charge in [0.25, 0.3) is 0 Å². The van der Waals surface area contributed by atoms with Gasteiger partial charge in [0.2, 0.25) is 0 Å². The van der Waals surface area contributed by atoms with Crippen molar-refractivity contribution in [2.24, 2.45) is 22.7 Å². The van der Waals surface area contributed by atoms with E-state index < -0.39 is 46.8 Å². The zero-order chi connectivity index (χ0) is 22.3. The van der Waals surface area contributed by atoms with Crippen molar-refractivity contribution in [2.75, 3.05) is 7.11 Å². The summed E-state index contributed by atoms with van der Waals surface area (Å²) in [6.07, 6.45) is 1.82. The number of furan rings is 1. The zero-order valence-corrected chi connectivity index (χ0v) is 18.2. The molecule has 0 bridgehead atoms. The van der Waals surface area contributed by atoms with E-state index in [-0.39, 0.29) is 18.2 Å². The molecule has 0 amide bonds. The molecule has 0 aromatic carbocycles. The number of hydrogen-bond acceptors (Lipinski definition) is 8. The predicted octanol–water partition coefficient (Wildman–Crippen LogP) is 2.73. The first-order valence-corrected chi connectivity index (χ1v) is 10.5. The fourth-order valence-corrected chi connectivity index (χ4v) is 6.82. The van der Waals surface area contributed by atoms with Gasteiger partial charge in [-0.1, -0.05) is 6.92 Å². The number of esters is 3. The third-order valence-corrected chi connectivity index (χ3v) is 7.82. The molecule has 3 fully saturated rings. The maximum Gasteiger partial charge on any atom is 0.334 e. The van der Waals surface area contributed by atoms with E-state index in [1.165, 1.54) is 26.6 Å². The van der Waals surface area contributed by atoms with Crippen molar-refractivity contribution in [3.63, 3.8) is 0 Å². The summed E-state index contributed by atoms with van der Waals surface area (Å²) < 4.78 is 28.2. The summed E-state index contributed by atoms with van der Waals surface area (Å²) in [5.74, 6) is -2.16. The summed E-state index contributed by atoms with van der Waals surface area (Å²) in [5.41, 5.74) is 0.345. The molecule has 8 unspecified atom stereocenters. The van der Waals surface area contributed by atoms with Crippen molar-refractivity contribution in [3.05, 3.63) is 35.3 Å². The van der Waals surface area contributed by atoms with Crippen LogP contribution in [0.15, 0.2) is 34.2 Å². The van der Waals surface area contributed by atoms with Crippen molar-refractivity contribution in [1.29, 1.82) is 0 Å². The zero-order valence-electron chi connectivity index (χ0n) is 18.2. The molecule has 2 aliphatic heterocycles. The molecule has 3 heterocycles. The van der Waals surface area contributed by atoms with E-state index in [0.717, 1.165) is 5.57 Å². The van der Waals surface area contributed by atoms with Gasteiger partial charge in [0, 0.05) is 29.4 Å². The third kappa shape index (κ3) is 2.54. The minimum absolute atomic E-state index is 0.118. The standard InChI is InChI=1S/C23H26O8/c1-10-15-14(16(31-20(10)25)12-6-7-28-9-12)17(29-11(2)24)18-22(3,21(26)27-5)8-13-19(30-13)23(15,18)4/h6-7,9,13-14,16-19H,8H2,1-5H3. The second-order valence-electron chi connectivity index (χ2n) is 9.49. The van der Waals surface area contributed by atoms with Crippen molar-refractivity contribution < 1.29 is 37.7 Å². The molecule has 0 radical (unpaired) electrons. The maximum atomic E-state index is 13.1. The van der Waals surface area contributed by atoms with Crippen LogP contribution in [0.2, 0.25) is 0 Å². The Hall–Kier alpha value is -2.61. The molecule has 166 valence electrons. The number of cyclic esters (lactones) is 1. The van der Waals surface area contributed by atoms with Gasteiger partial charge in [-0.15, -0.1) is 0 Å². The predicted molar refractivity (Wildman–Crippen MR) is 104 cm³/mol. The van der Waals surface area contributed by atoms with Gasteiger partial charge in [0.1, 0.15) is 12.2 Å². The van der Waals surface area contributed by atoms with Crippen molar-refractivity contribution in [2.45, 2.75) is 58.5 Å². The topological polar surface area (TPSA) is 105 Å². The number of carbonyl (C=O) groups is 3. The van der Waals surface area contributed by atoms with Crippen LogP contribution in [-0.4, -0.2) is 43.3 Å². The molecular formula is C23H26O8. The van der Waals surface area contributed by atoms with Crippen molar-refractivity contribution in [3.8, 4) is 0 Å². The van der Waals surface area contributed by atoms with Crippen LogP contribution in [0.3, 0.4) is 0 Å². The molecule has 1 saturated heterocycles. The van der Waals surface area contributed by atoms with E-state index in [2.05, 4.69) is 0 Å². The minimum atomic E-state index is -0.962. The maximum absolute atomic E-state index is 13.1. The minimum Gasteiger partial charge on any atom is -0.472 e. The Balaban J connectivity index is 1.76. The average molecular weight is 430 g/mol. The molecule has 31 heavy (non-hydrogen) atoms. The SMILES string of the molecule is COC(=O)C1(C)CC2OC2C2(C)C3=C(C)C(=O)OC(c4ccoc4)C3C(OC(C)=O)C12. The van der Waals surface area contributed by atoms with Crippen LogP contribution in [0.1, 0.15) is 45.8 Å². The highest BCUT2D eigenvalue weighted by atomic mass is 16.6. The Morgan fingerprint density at radius 2 is 2.00 bits per heavy atom. The summed E-state index contributed by atoms with van der Waals surface area (Å²) in [5, 5.41) is 0. The van der Waals surface area contributed by atoms with E-state index in [9.17, 15) is 14.4 Å². The summed E-state index contributed by atoms with van der Waals surface area (Å²) in [6, 6.07) is 1.74. The van der Waals surface area contributed by atoms with Crippen LogP contribution < -0.4 is 0 Å². The van der Waals surface area contributed by atoms with Crippen molar-refractivity contribution >= 4 is 17.9 Å². The summed E-state index contributed by atoms with van der Waals surface area (Å²) in [4.78, 5) is 38.2. The van der Waals surface area contributed by atoms with Gasteiger partial charge in [0.15, 0.2) is 0 Å². The Kier molecular flexibility index (Phi) is 4.22. The summed E-state index contributed by atoms with van der Waals surface area (Å²) in [7, 11) is 1.36. The summed E-state index contributed by atoms with van der Waals surface area (Å²) in [6.45, 7) is 6.94. The molecule has 0 spiro atoms. The Bertz CT molecular complexity index is 993. The monoisotopic (exact) mass is 430 g/mol. The smallest absolute Gasteiger partial charge is 0.334 e. The fourth-order valence-electron chi connectivity index (χ4n) is 6.82. The Morgan fingerprint density at radius 1 is 1.26 bits per heavy atom. The lowest BCUT2D eigenvalue weighted by Crippen LogP contribution is -2.54. The quantitative estimate of drug-likeness (QED) is 0.410. The van der Waals surface area contributed by atoms with E-state index in [4.69, 9.17) is 23.4 Å². The van der Waals surface area contributed by atoms with Crippen LogP contribution in [0.25, 0.3) is 0 Å². The van der Waals surface area contributed by atoms with Gasteiger partial charge in [-0.3, -0.25) is 9.59 Å². The molecule has 8 heteroatoms.